The number of anilines is 1. The van der Waals surface area contributed by atoms with Gasteiger partial charge in [-0.2, -0.15) is 0 Å². The number of rotatable bonds is 14. The number of hydroxylamine groups is 1. The van der Waals surface area contributed by atoms with Gasteiger partial charge in [-0.1, -0.05) is 42.8 Å². The van der Waals surface area contributed by atoms with Gasteiger partial charge in [-0.15, -0.1) is 11.8 Å². The molecule has 0 unspecified atom stereocenters. The van der Waals surface area contributed by atoms with E-state index in [-0.39, 0.29) is 36.7 Å². The van der Waals surface area contributed by atoms with E-state index in [2.05, 4.69) is 5.32 Å². The first-order chi connectivity index (χ1) is 20.8. The van der Waals surface area contributed by atoms with Crippen molar-refractivity contribution in [2.45, 2.75) is 68.5 Å². The van der Waals surface area contributed by atoms with Crippen LogP contribution in [-0.4, -0.2) is 45.1 Å². The van der Waals surface area contributed by atoms with E-state index in [0.717, 1.165) is 21.6 Å². The fourth-order valence-corrected chi connectivity index (χ4v) is 5.58. The number of hydrogen-bond donors (Lipinski definition) is 5. The second-order valence-corrected chi connectivity index (χ2v) is 11.3. The maximum atomic E-state index is 12.4. The summed E-state index contributed by atoms with van der Waals surface area (Å²) in [6.45, 7) is -0.0380. The summed E-state index contributed by atoms with van der Waals surface area (Å²) in [5.41, 5.74) is 5.09. The maximum absolute atomic E-state index is 12.4. The Morgan fingerprint density at radius 1 is 0.814 bits per heavy atom. The first kappa shape index (κ1) is 32.2. The zero-order chi connectivity index (χ0) is 30.6. The van der Waals surface area contributed by atoms with E-state index in [4.69, 9.17) is 19.8 Å². The van der Waals surface area contributed by atoms with Crippen LogP contribution in [0.15, 0.2) is 77.7 Å². The zero-order valence-electron chi connectivity index (χ0n) is 23.6. The molecule has 11 heteroatoms. The average Bonchev–Trinajstić information content (AvgIpc) is 3.04. The molecule has 3 aromatic carbocycles. The molecule has 0 aliphatic carbocycles. The van der Waals surface area contributed by atoms with Crippen LogP contribution in [-0.2, 0) is 25.7 Å². The maximum Gasteiger partial charge on any atom is 0.335 e. The van der Waals surface area contributed by atoms with Crippen molar-refractivity contribution >= 4 is 35.2 Å². The number of unbranched alkanes of at least 4 members (excludes halogenated alkanes) is 2. The number of thioether (sulfide) groups is 1. The molecule has 43 heavy (non-hydrogen) atoms. The molecule has 2 amide bonds. The van der Waals surface area contributed by atoms with Crippen LogP contribution in [0.5, 0.6) is 0 Å². The predicted octanol–water partition coefficient (Wildman–Crippen LogP) is 5.61. The van der Waals surface area contributed by atoms with Gasteiger partial charge in [-0.05, 0) is 60.4 Å². The monoisotopic (exact) mass is 608 g/mol. The summed E-state index contributed by atoms with van der Waals surface area (Å²) < 4.78 is 12.8. The Bertz CT molecular complexity index is 1350. The van der Waals surface area contributed by atoms with Crippen molar-refractivity contribution in [2.75, 3.05) is 11.1 Å². The minimum atomic E-state index is -0.963. The standard InChI is InChI=1S/C32H36N2O8S/c35-19-21-6-8-22(9-7-21)28-18-26(20-43-27-16-12-23(13-17-27)31(38)39)41-32(42-28)24-10-14-25(15-11-24)33-29(36)4-2-1-3-5-30(37)34-40/h6-17,26,28,32,35,40H,1-5,18-20H2,(H,33,36)(H,34,37)(H,38,39)/t26-,28+,32+/m0/s1. The third-order valence-electron chi connectivity index (χ3n) is 7.05. The number of carbonyl (C=O) groups excluding carboxylic acids is 2. The number of amides is 2. The van der Waals surface area contributed by atoms with Crippen LogP contribution >= 0.6 is 11.8 Å². The average molecular weight is 609 g/mol. The number of aliphatic hydroxyl groups excluding tert-OH is 1. The number of carbonyl (C=O) groups is 3. The highest BCUT2D eigenvalue weighted by atomic mass is 32.2. The molecule has 0 spiro atoms. The Hall–Kier alpha value is -3.74. The molecule has 0 radical (unpaired) electrons. The lowest BCUT2D eigenvalue weighted by Crippen LogP contribution is -2.31. The third-order valence-corrected chi connectivity index (χ3v) is 8.20. The molecule has 10 nitrogen and oxygen atoms in total. The summed E-state index contributed by atoms with van der Waals surface area (Å²) in [6.07, 6.45) is 2.06. The van der Waals surface area contributed by atoms with Crippen molar-refractivity contribution in [1.29, 1.82) is 0 Å². The number of carboxylic acids is 1. The Kier molecular flexibility index (Phi) is 12.1. The van der Waals surface area contributed by atoms with Gasteiger partial charge in [-0.25, -0.2) is 10.3 Å². The van der Waals surface area contributed by atoms with Gasteiger partial charge >= 0.3 is 5.97 Å². The van der Waals surface area contributed by atoms with Gasteiger partial charge in [0.1, 0.15) is 0 Å². The van der Waals surface area contributed by atoms with Crippen molar-refractivity contribution in [2.24, 2.45) is 0 Å². The molecule has 5 N–H and O–H groups in total. The van der Waals surface area contributed by atoms with Crippen molar-refractivity contribution < 1.29 is 39.3 Å². The van der Waals surface area contributed by atoms with Gasteiger partial charge in [0, 0.05) is 41.2 Å². The lowest BCUT2D eigenvalue weighted by Gasteiger charge is -2.36. The molecule has 1 fully saturated rings. The van der Waals surface area contributed by atoms with Crippen LogP contribution in [0.25, 0.3) is 0 Å². The molecule has 228 valence electrons. The van der Waals surface area contributed by atoms with Crippen LogP contribution in [0.1, 0.15) is 78.0 Å². The number of hydrogen-bond acceptors (Lipinski definition) is 8. The molecule has 0 bridgehead atoms. The highest BCUT2D eigenvalue weighted by Gasteiger charge is 2.32. The van der Waals surface area contributed by atoms with E-state index in [1.165, 1.54) is 0 Å². The SMILES string of the molecule is O=C(CCCCCC(=O)Nc1ccc([C@@H]2O[C@H](CSc3ccc(C(=O)O)cc3)C[C@H](c3ccc(CO)cc3)O2)cc1)NO. The second kappa shape index (κ2) is 16.2. The molecule has 1 heterocycles. The van der Waals surface area contributed by atoms with Crippen molar-refractivity contribution in [3.8, 4) is 0 Å². The summed E-state index contributed by atoms with van der Waals surface area (Å²) in [7, 11) is 0. The smallest absolute Gasteiger partial charge is 0.335 e. The molecule has 0 saturated carbocycles. The van der Waals surface area contributed by atoms with E-state index < -0.39 is 18.2 Å². The van der Waals surface area contributed by atoms with Crippen LogP contribution in [0, 0.1) is 0 Å². The number of aliphatic hydroxyl groups is 1. The number of ether oxygens (including phenoxy) is 2. The molecule has 3 aromatic rings. The number of nitrogens with one attached hydrogen (secondary N) is 2. The van der Waals surface area contributed by atoms with E-state index in [1.54, 1.807) is 53.6 Å². The summed E-state index contributed by atoms with van der Waals surface area (Å²) in [5.74, 6) is -0.881. The summed E-state index contributed by atoms with van der Waals surface area (Å²) >= 11 is 1.58. The third kappa shape index (κ3) is 9.91. The van der Waals surface area contributed by atoms with Crippen LogP contribution in [0.2, 0.25) is 0 Å². The predicted molar refractivity (Wildman–Crippen MR) is 161 cm³/mol. The zero-order valence-corrected chi connectivity index (χ0v) is 24.4. The highest BCUT2D eigenvalue weighted by molar-refractivity contribution is 7.99. The molecule has 0 aromatic heterocycles. The molecule has 3 atom stereocenters. The van der Waals surface area contributed by atoms with E-state index in [9.17, 15) is 19.5 Å². The highest BCUT2D eigenvalue weighted by Crippen LogP contribution is 2.39. The summed E-state index contributed by atoms with van der Waals surface area (Å²) in [6, 6.07) is 21.7. The van der Waals surface area contributed by atoms with Crippen LogP contribution in [0.4, 0.5) is 5.69 Å². The first-order valence-corrected chi connectivity index (χ1v) is 15.1. The second-order valence-electron chi connectivity index (χ2n) is 10.3. The molecule has 1 aliphatic heterocycles. The van der Waals surface area contributed by atoms with Crippen molar-refractivity contribution in [3.05, 3.63) is 95.1 Å². The molecular weight excluding hydrogens is 572 g/mol. The summed E-state index contributed by atoms with van der Waals surface area (Å²) in [5, 5.41) is 30.0. The lowest BCUT2D eigenvalue weighted by atomic mass is 10.0. The first-order valence-electron chi connectivity index (χ1n) is 14.1. The Balaban J connectivity index is 1.37. The quantitative estimate of drug-likeness (QED) is 0.0680. The van der Waals surface area contributed by atoms with Crippen LogP contribution < -0.4 is 10.8 Å². The van der Waals surface area contributed by atoms with E-state index in [0.29, 0.717) is 43.5 Å². The van der Waals surface area contributed by atoms with Crippen molar-refractivity contribution in [1.82, 2.24) is 5.48 Å². The molecular formula is C32H36N2O8S. The van der Waals surface area contributed by atoms with Gasteiger partial charge in [-0.3, -0.25) is 14.8 Å². The van der Waals surface area contributed by atoms with Crippen molar-refractivity contribution in [3.63, 3.8) is 0 Å². The fourth-order valence-electron chi connectivity index (χ4n) is 4.66. The van der Waals surface area contributed by atoms with Gasteiger partial charge in [0.15, 0.2) is 6.29 Å². The van der Waals surface area contributed by atoms with E-state index >= 15 is 0 Å². The number of benzene rings is 3. The lowest BCUT2D eigenvalue weighted by molar-refractivity contribution is -0.245. The van der Waals surface area contributed by atoms with Gasteiger partial charge in [0.2, 0.25) is 11.8 Å². The minimum Gasteiger partial charge on any atom is -0.478 e. The molecule has 4 rings (SSSR count). The Labute approximate surface area is 254 Å². The Morgan fingerprint density at radius 3 is 2.09 bits per heavy atom. The van der Waals surface area contributed by atoms with Gasteiger partial charge in [0.05, 0.1) is 24.4 Å². The van der Waals surface area contributed by atoms with Gasteiger partial charge in [0.25, 0.3) is 0 Å². The van der Waals surface area contributed by atoms with E-state index in [1.807, 2.05) is 36.4 Å². The topological polar surface area (TPSA) is 154 Å². The number of aromatic carboxylic acids is 1. The summed E-state index contributed by atoms with van der Waals surface area (Å²) in [4.78, 5) is 35.5. The largest absolute Gasteiger partial charge is 0.478 e. The van der Waals surface area contributed by atoms with Gasteiger partial charge < -0.3 is 25.0 Å². The molecule has 1 aliphatic rings. The van der Waals surface area contributed by atoms with Crippen LogP contribution in [0.3, 0.4) is 0 Å². The number of carboxylic acid groups (broad SMARTS) is 1. The fraction of sp³-hybridized carbons (Fsp3) is 0.344. The minimum absolute atomic E-state index is 0.0380. The Morgan fingerprint density at radius 2 is 1.47 bits per heavy atom. The normalized spacial score (nSPS) is 18.1. The molecule has 1 saturated heterocycles.